The van der Waals surface area contributed by atoms with E-state index in [-0.39, 0.29) is 11.9 Å². The smallest absolute Gasteiger partial charge is 0.256 e. The van der Waals surface area contributed by atoms with Crippen molar-refractivity contribution < 1.29 is 9.90 Å². The van der Waals surface area contributed by atoms with E-state index in [1.54, 1.807) is 12.1 Å². The summed E-state index contributed by atoms with van der Waals surface area (Å²) >= 11 is 0. The van der Waals surface area contributed by atoms with Crippen molar-refractivity contribution in [3.05, 3.63) is 65.7 Å². The molecule has 2 aromatic carbocycles. The van der Waals surface area contributed by atoms with Crippen LogP contribution in [0.5, 0.6) is 0 Å². The molecule has 2 aromatic rings. The number of amides is 1. The number of hydrogen-bond acceptors (Lipinski definition) is 3. The van der Waals surface area contributed by atoms with Gasteiger partial charge in [-0.25, -0.2) is 0 Å². The number of nitrogens with zero attached hydrogens (tertiary/aromatic N) is 2. The predicted octanol–water partition coefficient (Wildman–Crippen LogP) is 3.15. The number of anilines is 1. The molecule has 0 aromatic heterocycles. The number of likely N-dealkylation sites (tertiary alicyclic amines) is 1. The zero-order chi connectivity index (χ0) is 17.1. The highest BCUT2D eigenvalue weighted by atomic mass is 16.3. The van der Waals surface area contributed by atoms with E-state index in [1.165, 1.54) is 0 Å². The van der Waals surface area contributed by atoms with Gasteiger partial charge in [0.15, 0.2) is 6.10 Å². The second kappa shape index (κ2) is 7.05. The molecule has 1 heterocycles. The summed E-state index contributed by atoms with van der Waals surface area (Å²) in [7, 11) is 4.02. The van der Waals surface area contributed by atoms with Gasteiger partial charge in [-0.15, -0.1) is 0 Å². The van der Waals surface area contributed by atoms with Gasteiger partial charge in [0.05, 0.1) is 6.04 Å². The summed E-state index contributed by atoms with van der Waals surface area (Å²) in [5.74, 6) is -0.209. The lowest BCUT2D eigenvalue weighted by Gasteiger charge is -2.28. The van der Waals surface area contributed by atoms with Gasteiger partial charge in [-0.2, -0.15) is 0 Å². The molecule has 0 bridgehead atoms. The minimum Gasteiger partial charge on any atom is -0.378 e. The summed E-state index contributed by atoms with van der Waals surface area (Å²) in [6.45, 7) is 0.694. The van der Waals surface area contributed by atoms with Gasteiger partial charge in [-0.1, -0.05) is 42.5 Å². The molecule has 1 fully saturated rings. The number of carbonyl (C=O) groups excluding carboxylic acids is 1. The second-order valence-corrected chi connectivity index (χ2v) is 6.49. The highest BCUT2D eigenvalue weighted by Crippen LogP contribution is 2.35. The van der Waals surface area contributed by atoms with Gasteiger partial charge >= 0.3 is 0 Å². The number of carbonyl (C=O) groups is 1. The zero-order valence-electron chi connectivity index (χ0n) is 14.2. The van der Waals surface area contributed by atoms with Crippen molar-refractivity contribution in [1.82, 2.24) is 4.90 Å². The van der Waals surface area contributed by atoms with E-state index in [0.29, 0.717) is 12.1 Å². The largest absolute Gasteiger partial charge is 0.378 e. The van der Waals surface area contributed by atoms with Crippen molar-refractivity contribution in [3.63, 3.8) is 0 Å². The standard InChI is InChI=1S/C20H24N2O2/c1-21(2)17-11-6-10-16(14-17)18-12-7-13-22(18)20(24)19(23)15-8-4-3-5-9-15/h3-6,8-11,14,18-19,23H,7,12-13H2,1-2H3. The Labute approximate surface area is 143 Å². The van der Waals surface area contributed by atoms with Crippen LogP contribution < -0.4 is 4.90 Å². The quantitative estimate of drug-likeness (QED) is 0.939. The molecule has 1 aliphatic heterocycles. The molecule has 1 amide bonds. The number of aliphatic hydroxyl groups is 1. The summed E-state index contributed by atoms with van der Waals surface area (Å²) in [4.78, 5) is 16.7. The number of hydrogen-bond donors (Lipinski definition) is 1. The van der Waals surface area contributed by atoms with E-state index < -0.39 is 6.10 Å². The lowest BCUT2D eigenvalue weighted by atomic mass is 10.0. The Hall–Kier alpha value is -2.33. The lowest BCUT2D eigenvalue weighted by molar-refractivity contribution is -0.141. The van der Waals surface area contributed by atoms with Crippen molar-refractivity contribution in [3.8, 4) is 0 Å². The molecule has 24 heavy (non-hydrogen) atoms. The summed E-state index contributed by atoms with van der Waals surface area (Å²) in [5, 5.41) is 10.5. The van der Waals surface area contributed by atoms with E-state index in [9.17, 15) is 9.90 Å². The molecular weight excluding hydrogens is 300 g/mol. The van der Waals surface area contributed by atoms with E-state index in [2.05, 4.69) is 23.1 Å². The molecule has 0 aliphatic carbocycles. The topological polar surface area (TPSA) is 43.8 Å². The summed E-state index contributed by atoms with van der Waals surface area (Å²) in [5.41, 5.74) is 2.90. The Balaban J connectivity index is 1.83. The van der Waals surface area contributed by atoms with E-state index in [0.717, 1.165) is 24.1 Å². The van der Waals surface area contributed by atoms with Crippen molar-refractivity contribution in [1.29, 1.82) is 0 Å². The van der Waals surface area contributed by atoms with Gasteiger partial charge < -0.3 is 14.9 Å². The first-order valence-electron chi connectivity index (χ1n) is 8.38. The molecule has 0 radical (unpaired) electrons. The van der Waals surface area contributed by atoms with Crippen LogP contribution in [0, 0.1) is 0 Å². The van der Waals surface area contributed by atoms with Gasteiger partial charge in [-0.3, -0.25) is 4.79 Å². The van der Waals surface area contributed by atoms with E-state index in [4.69, 9.17) is 0 Å². The normalized spacial score (nSPS) is 18.5. The molecule has 1 N–H and O–H groups in total. The van der Waals surface area contributed by atoms with Crippen LogP contribution in [-0.4, -0.2) is 36.6 Å². The molecule has 0 saturated carbocycles. The summed E-state index contributed by atoms with van der Waals surface area (Å²) in [6.07, 6.45) is 0.803. The van der Waals surface area contributed by atoms with E-state index >= 15 is 0 Å². The molecule has 0 spiro atoms. The van der Waals surface area contributed by atoms with Crippen LogP contribution in [0.4, 0.5) is 5.69 Å². The Morgan fingerprint density at radius 1 is 1.17 bits per heavy atom. The fraction of sp³-hybridized carbons (Fsp3) is 0.350. The first-order chi connectivity index (χ1) is 11.6. The number of rotatable bonds is 4. The highest BCUT2D eigenvalue weighted by Gasteiger charge is 2.33. The predicted molar refractivity (Wildman–Crippen MR) is 95.9 cm³/mol. The van der Waals surface area contributed by atoms with Crippen LogP contribution in [0.25, 0.3) is 0 Å². The van der Waals surface area contributed by atoms with Gasteiger partial charge in [-0.05, 0) is 36.1 Å². The fourth-order valence-electron chi connectivity index (χ4n) is 3.32. The van der Waals surface area contributed by atoms with Crippen molar-refractivity contribution >= 4 is 11.6 Å². The van der Waals surface area contributed by atoms with Gasteiger partial charge in [0.2, 0.25) is 0 Å². The molecule has 4 nitrogen and oxygen atoms in total. The average Bonchev–Trinajstić information content (AvgIpc) is 3.11. The molecule has 3 rings (SSSR count). The van der Waals surface area contributed by atoms with Crippen LogP contribution in [-0.2, 0) is 4.79 Å². The van der Waals surface area contributed by atoms with Crippen LogP contribution in [0.15, 0.2) is 54.6 Å². The van der Waals surface area contributed by atoms with E-state index in [1.807, 2.05) is 43.3 Å². The third-order valence-corrected chi connectivity index (χ3v) is 4.66. The first-order valence-corrected chi connectivity index (χ1v) is 8.38. The van der Waals surface area contributed by atoms with Crippen LogP contribution in [0.1, 0.15) is 36.1 Å². The van der Waals surface area contributed by atoms with Crippen molar-refractivity contribution in [2.75, 3.05) is 25.5 Å². The number of aliphatic hydroxyl groups excluding tert-OH is 1. The zero-order valence-corrected chi connectivity index (χ0v) is 14.2. The Bertz CT molecular complexity index is 700. The maximum absolute atomic E-state index is 12.8. The Morgan fingerprint density at radius 2 is 1.92 bits per heavy atom. The Morgan fingerprint density at radius 3 is 2.62 bits per heavy atom. The Kier molecular flexibility index (Phi) is 4.86. The molecule has 1 aliphatic rings. The third-order valence-electron chi connectivity index (χ3n) is 4.66. The van der Waals surface area contributed by atoms with Crippen molar-refractivity contribution in [2.24, 2.45) is 0 Å². The minimum absolute atomic E-state index is 0.0377. The first kappa shape index (κ1) is 16.5. The summed E-state index contributed by atoms with van der Waals surface area (Å²) < 4.78 is 0. The van der Waals surface area contributed by atoms with Crippen LogP contribution in [0.2, 0.25) is 0 Å². The molecular formula is C20H24N2O2. The maximum Gasteiger partial charge on any atom is 0.256 e. The lowest BCUT2D eigenvalue weighted by Crippen LogP contribution is -2.34. The third kappa shape index (κ3) is 3.29. The van der Waals surface area contributed by atoms with Crippen LogP contribution in [0.3, 0.4) is 0 Å². The molecule has 4 heteroatoms. The molecule has 126 valence electrons. The van der Waals surface area contributed by atoms with Gasteiger partial charge in [0.25, 0.3) is 5.91 Å². The number of benzene rings is 2. The van der Waals surface area contributed by atoms with Gasteiger partial charge in [0.1, 0.15) is 0 Å². The molecule has 2 atom stereocenters. The average molecular weight is 324 g/mol. The van der Waals surface area contributed by atoms with Crippen LogP contribution >= 0.6 is 0 Å². The fourth-order valence-corrected chi connectivity index (χ4v) is 3.32. The molecule has 1 saturated heterocycles. The SMILES string of the molecule is CN(C)c1cccc(C2CCCN2C(=O)C(O)c2ccccc2)c1. The molecule has 2 unspecified atom stereocenters. The maximum atomic E-state index is 12.8. The highest BCUT2D eigenvalue weighted by molar-refractivity contribution is 5.82. The minimum atomic E-state index is -1.09. The van der Waals surface area contributed by atoms with Gasteiger partial charge in [0, 0.05) is 26.3 Å². The summed E-state index contributed by atoms with van der Waals surface area (Å²) in [6, 6.07) is 17.5. The monoisotopic (exact) mass is 324 g/mol. The second-order valence-electron chi connectivity index (χ2n) is 6.49. The van der Waals surface area contributed by atoms with Crippen molar-refractivity contribution in [2.45, 2.75) is 25.0 Å².